The quantitative estimate of drug-likeness (QED) is 0.849. The molecule has 0 aromatic carbocycles. The van der Waals surface area contributed by atoms with Gasteiger partial charge in [0.1, 0.15) is 5.60 Å². The number of carbonyl (C=O) groups is 2. The predicted octanol–water partition coefficient (Wildman–Crippen LogP) is 2.21. The molecule has 0 radical (unpaired) electrons. The Hall–Kier alpha value is -2.38. The number of piperidine rings is 1. The summed E-state index contributed by atoms with van der Waals surface area (Å²) < 4.78 is 5.30. The van der Waals surface area contributed by atoms with Gasteiger partial charge in [-0.25, -0.2) is 14.8 Å². The smallest absolute Gasteiger partial charge is 0.407 e. The molecule has 0 unspecified atom stereocenters. The van der Waals surface area contributed by atoms with Crippen LogP contribution >= 0.6 is 0 Å². The largest absolute Gasteiger partial charge is 0.444 e. The summed E-state index contributed by atoms with van der Waals surface area (Å²) in [5, 5.41) is 2.82. The maximum absolute atomic E-state index is 13.2. The van der Waals surface area contributed by atoms with Crippen LogP contribution in [0.2, 0.25) is 0 Å². The fourth-order valence-corrected chi connectivity index (χ4v) is 3.90. The minimum atomic E-state index is -0.527. The molecule has 2 amide bonds. The summed E-state index contributed by atoms with van der Waals surface area (Å²) in [6, 6.07) is 1.83. The topological polar surface area (TPSA) is 87.7 Å². The maximum Gasteiger partial charge on any atom is 0.407 e. The Balaban J connectivity index is 1.56. The lowest BCUT2D eigenvalue weighted by molar-refractivity contribution is -0.136. The number of carbonyl (C=O) groups excluding carboxylic acids is 2. The molecule has 8 heteroatoms. The highest BCUT2D eigenvalue weighted by Gasteiger charge is 2.35. The number of ether oxygens (including phenoxy) is 1. The molecular formula is C20H31N5O3. The molecule has 1 aromatic heterocycles. The summed E-state index contributed by atoms with van der Waals surface area (Å²) in [7, 11) is 0. The van der Waals surface area contributed by atoms with E-state index in [9.17, 15) is 9.59 Å². The number of hydrogen-bond donors (Lipinski definition) is 1. The first-order valence-electron chi connectivity index (χ1n) is 10.1. The number of anilines is 1. The van der Waals surface area contributed by atoms with Gasteiger partial charge < -0.3 is 19.9 Å². The van der Waals surface area contributed by atoms with E-state index in [1.165, 1.54) is 0 Å². The van der Waals surface area contributed by atoms with E-state index < -0.39 is 11.7 Å². The molecule has 2 atom stereocenters. The molecular weight excluding hydrogens is 358 g/mol. The van der Waals surface area contributed by atoms with Gasteiger partial charge in [0.25, 0.3) is 0 Å². The van der Waals surface area contributed by atoms with Gasteiger partial charge in [-0.05, 0) is 52.5 Å². The van der Waals surface area contributed by atoms with E-state index in [4.69, 9.17) is 4.74 Å². The third-order valence-corrected chi connectivity index (χ3v) is 5.15. The van der Waals surface area contributed by atoms with Gasteiger partial charge in [-0.3, -0.25) is 4.79 Å². The number of hydrogen-bond acceptors (Lipinski definition) is 6. The predicted molar refractivity (Wildman–Crippen MR) is 106 cm³/mol. The first-order valence-corrected chi connectivity index (χ1v) is 10.1. The van der Waals surface area contributed by atoms with Gasteiger partial charge in [-0.1, -0.05) is 0 Å². The molecule has 0 bridgehead atoms. The minimum absolute atomic E-state index is 0.0309. The van der Waals surface area contributed by atoms with Crippen LogP contribution in [0.25, 0.3) is 0 Å². The monoisotopic (exact) mass is 389 g/mol. The van der Waals surface area contributed by atoms with E-state index in [1.54, 1.807) is 18.5 Å². The van der Waals surface area contributed by atoms with Crippen molar-refractivity contribution >= 4 is 17.9 Å². The van der Waals surface area contributed by atoms with Crippen LogP contribution in [0.1, 0.15) is 46.5 Å². The molecule has 2 saturated heterocycles. The summed E-state index contributed by atoms with van der Waals surface area (Å²) in [6.07, 6.45) is 6.72. The summed E-state index contributed by atoms with van der Waals surface area (Å²) >= 11 is 0. The lowest BCUT2D eigenvalue weighted by atomic mass is 9.96. The summed E-state index contributed by atoms with van der Waals surface area (Å²) in [6.45, 7) is 8.20. The highest BCUT2D eigenvalue weighted by molar-refractivity contribution is 5.80. The number of nitrogens with one attached hydrogen (secondary N) is 1. The molecule has 8 nitrogen and oxygen atoms in total. The first-order chi connectivity index (χ1) is 13.3. The Labute approximate surface area is 166 Å². The van der Waals surface area contributed by atoms with Gasteiger partial charge in [-0.15, -0.1) is 0 Å². The molecule has 154 valence electrons. The minimum Gasteiger partial charge on any atom is -0.444 e. The van der Waals surface area contributed by atoms with Crippen LogP contribution in [-0.2, 0) is 9.53 Å². The molecule has 3 heterocycles. The third kappa shape index (κ3) is 5.33. The van der Waals surface area contributed by atoms with Crippen molar-refractivity contribution in [2.45, 2.75) is 58.1 Å². The molecule has 2 aliphatic rings. The van der Waals surface area contributed by atoms with Crippen LogP contribution in [0.3, 0.4) is 0 Å². The van der Waals surface area contributed by atoms with Crippen LogP contribution in [0, 0.1) is 5.92 Å². The van der Waals surface area contributed by atoms with Gasteiger partial charge >= 0.3 is 6.09 Å². The average molecular weight is 390 g/mol. The molecule has 3 rings (SSSR count). The average Bonchev–Trinajstić information content (AvgIpc) is 3.14. The van der Waals surface area contributed by atoms with Crippen LogP contribution in [0.5, 0.6) is 0 Å². The van der Waals surface area contributed by atoms with Crippen LogP contribution < -0.4 is 10.2 Å². The van der Waals surface area contributed by atoms with E-state index in [0.717, 1.165) is 38.8 Å². The zero-order chi connectivity index (χ0) is 20.1. The second kappa shape index (κ2) is 8.75. The van der Waals surface area contributed by atoms with Crippen LogP contribution in [0.4, 0.5) is 10.7 Å². The Morgan fingerprint density at radius 1 is 1.18 bits per heavy atom. The van der Waals surface area contributed by atoms with Crippen molar-refractivity contribution in [1.82, 2.24) is 20.2 Å². The van der Waals surface area contributed by atoms with Gasteiger partial charge in [-0.2, -0.15) is 0 Å². The van der Waals surface area contributed by atoms with E-state index in [0.29, 0.717) is 19.0 Å². The van der Waals surface area contributed by atoms with Crippen molar-refractivity contribution in [2.75, 3.05) is 31.1 Å². The molecule has 2 fully saturated rings. The zero-order valence-corrected chi connectivity index (χ0v) is 17.1. The molecule has 0 aliphatic carbocycles. The van der Waals surface area contributed by atoms with Crippen molar-refractivity contribution in [3.05, 3.63) is 18.5 Å². The molecule has 28 heavy (non-hydrogen) atoms. The number of amides is 2. The Morgan fingerprint density at radius 3 is 2.61 bits per heavy atom. The van der Waals surface area contributed by atoms with Crippen molar-refractivity contribution < 1.29 is 14.3 Å². The van der Waals surface area contributed by atoms with Crippen molar-refractivity contribution in [3.8, 4) is 0 Å². The standard InChI is InChI=1S/C20H31N5O3/c1-20(2,3)28-19(27)23-13-16-8-5-12-25(16)17(26)15-7-4-11-24(14-15)18-21-9-6-10-22-18/h6,9-10,15-16H,4-5,7-8,11-14H2,1-3H3,(H,23,27)/t15-,16-/m1/s1. The second-order valence-corrected chi connectivity index (χ2v) is 8.54. The van der Waals surface area contributed by atoms with Gasteiger partial charge in [0, 0.05) is 44.6 Å². The lowest BCUT2D eigenvalue weighted by Crippen LogP contribution is -2.49. The van der Waals surface area contributed by atoms with Gasteiger partial charge in [0.2, 0.25) is 11.9 Å². The van der Waals surface area contributed by atoms with E-state index in [1.807, 2.05) is 25.7 Å². The Morgan fingerprint density at radius 2 is 1.89 bits per heavy atom. The highest BCUT2D eigenvalue weighted by atomic mass is 16.6. The zero-order valence-electron chi connectivity index (χ0n) is 17.1. The fourth-order valence-electron chi connectivity index (χ4n) is 3.90. The maximum atomic E-state index is 13.2. The van der Waals surface area contributed by atoms with Gasteiger partial charge in [0.05, 0.1) is 5.92 Å². The summed E-state index contributed by atoms with van der Waals surface area (Å²) in [5.74, 6) is 0.804. The molecule has 0 saturated carbocycles. The SMILES string of the molecule is CC(C)(C)OC(=O)NC[C@H]1CCCN1C(=O)[C@@H]1CCCN(c2ncccn2)C1. The number of nitrogens with zero attached hydrogens (tertiary/aromatic N) is 4. The highest BCUT2D eigenvalue weighted by Crippen LogP contribution is 2.26. The van der Waals surface area contributed by atoms with Crippen LogP contribution in [0.15, 0.2) is 18.5 Å². The van der Waals surface area contributed by atoms with Gasteiger partial charge in [0.15, 0.2) is 0 Å². The lowest BCUT2D eigenvalue weighted by Gasteiger charge is -2.35. The van der Waals surface area contributed by atoms with E-state index >= 15 is 0 Å². The molecule has 0 spiro atoms. The second-order valence-electron chi connectivity index (χ2n) is 8.54. The van der Waals surface area contributed by atoms with Crippen molar-refractivity contribution in [2.24, 2.45) is 5.92 Å². The summed E-state index contributed by atoms with van der Waals surface area (Å²) in [5.41, 5.74) is -0.527. The van der Waals surface area contributed by atoms with Crippen molar-refractivity contribution in [3.63, 3.8) is 0 Å². The summed E-state index contributed by atoms with van der Waals surface area (Å²) in [4.78, 5) is 37.8. The number of alkyl carbamates (subject to hydrolysis) is 1. The van der Waals surface area contributed by atoms with E-state index in [2.05, 4.69) is 20.2 Å². The number of likely N-dealkylation sites (tertiary alicyclic amines) is 1. The molecule has 2 aliphatic heterocycles. The molecule has 1 aromatic rings. The number of aromatic nitrogens is 2. The Kier molecular flexibility index (Phi) is 6.36. The normalized spacial score (nSPS) is 22.8. The fraction of sp³-hybridized carbons (Fsp3) is 0.700. The molecule has 1 N–H and O–H groups in total. The third-order valence-electron chi connectivity index (χ3n) is 5.15. The number of rotatable bonds is 4. The van der Waals surface area contributed by atoms with Crippen LogP contribution in [-0.4, -0.2) is 64.7 Å². The Bertz CT molecular complexity index is 676. The van der Waals surface area contributed by atoms with Crippen molar-refractivity contribution in [1.29, 1.82) is 0 Å². The first kappa shape index (κ1) is 20.4. The van der Waals surface area contributed by atoms with E-state index in [-0.39, 0.29) is 17.9 Å².